The van der Waals surface area contributed by atoms with E-state index in [4.69, 9.17) is 9.47 Å². The maximum Gasteiger partial charge on any atom is 0.167 e. The number of rotatable bonds is 4. The normalized spacial score (nSPS) is 22.7. The van der Waals surface area contributed by atoms with E-state index in [-0.39, 0.29) is 17.5 Å². The Morgan fingerprint density at radius 2 is 2.04 bits per heavy atom. The fourth-order valence-electron chi connectivity index (χ4n) is 3.63. The number of aliphatic hydroxyl groups is 1. The van der Waals surface area contributed by atoms with Gasteiger partial charge >= 0.3 is 0 Å². The van der Waals surface area contributed by atoms with E-state index in [0.717, 1.165) is 43.6 Å². The molecule has 1 aliphatic heterocycles. The standard InChI is InChI=1S/C19H24O4/c1-12-3-4-15(22-2)11-16(12)18-17(20)10-14(19(18)21)9-13-5-7-23-8-6-13/h3-4,11,13-14,21H,5-10H2,1-2H3. The number of hydrogen-bond donors (Lipinski definition) is 1. The monoisotopic (exact) mass is 316 g/mol. The molecule has 2 aliphatic rings. The van der Waals surface area contributed by atoms with Crippen molar-refractivity contribution in [3.63, 3.8) is 0 Å². The van der Waals surface area contributed by atoms with Gasteiger partial charge in [-0.1, -0.05) is 6.07 Å². The van der Waals surface area contributed by atoms with Crippen molar-refractivity contribution in [3.05, 3.63) is 35.1 Å². The Morgan fingerprint density at radius 1 is 1.30 bits per heavy atom. The van der Waals surface area contributed by atoms with E-state index >= 15 is 0 Å². The van der Waals surface area contributed by atoms with Crippen LogP contribution in [0.5, 0.6) is 5.75 Å². The molecular formula is C19H24O4. The van der Waals surface area contributed by atoms with Crippen LogP contribution in [0.15, 0.2) is 24.0 Å². The molecule has 0 amide bonds. The van der Waals surface area contributed by atoms with E-state index in [9.17, 15) is 9.90 Å². The van der Waals surface area contributed by atoms with Gasteiger partial charge in [0.2, 0.25) is 0 Å². The molecule has 1 unspecified atom stereocenters. The maximum absolute atomic E-state index is 12.5. The quantitative estimate of drug-likeness (QED) is 0.920. The van der Waals surface area contributed by atoms with Crippen LogP contribution in [-0.2, 0) is 9.53 Å². The van der Waals surface area contributed by atoms with Crippen molar-refractivity contribution in [1.82, 2.24) is 0 Å². The molecule has 0 saturated carbocycles. The van der Waals surface area contributed by atoms with Gasteiger partial charge in [0.25, 0.3) is 0 Å². The minimum atomic E-state index is -0.0498. The van der Waals surface area contributed by atoms with Gasteiger partial charge in [-0.05, 0) is 55.4 Å². The van der Waals surface area contributed by atoms with Crippen molar-refractivity contribution < 1.29 is 19.4 Å². The number of allylic oxidation sites excluding steroid dienone is 2. The summed E-state index contributed by atoms with van der Waals surface area (Å²) in [5.41, 5.74) is 2.26. The lowest BCUT2D eigenvalue weighted by Crippen LogP contribution is -2.19. The van der Waals surface area contributed by atoms with Crippen LogP contribution in [0.3, 0.4) is 0 Å². The molecule has 0 bridgehead atoms. The summed E-state index contributed by atoms with van der Waals surface area (Å²) in [5, 5.41) is 10.7. The predicted octanol–water partition coefficient (Wildman–Crippen LogP) is 3.68. The summed E-state index contributed by atoms with van der Waals surface area (Å²) in [6, 6.07) is 5.64. The molecule has 1 aromatic rings. The van der Waals surface area contributed by atoms with Gasteiger partial charge in [-0.3, -0.25) is 4.79 Å². The Kier molecular flexibility index (Phi) is 4.71. The van der Waals surface area contributed by atoms with E-state index in [1.807, 2.05) is 25.1 Å². The largest absolute Gasteiger partial charge is 0.511 e. The molecule has 23 heavy (non-hydrogen) atoms. The molecule has 1 atom stereocenters. The molecule has 4 heteroatoms. The van der Waals surface area contributed by atoms with Gasteiger partial charge in [-0.25, -0.2) is 0 Å². The van der Waals surface area contributed by atoms with Gasteiger partial charge in [-0.2, -0.15) is 0 Å². The van der Waals surface area contributed by atoms with Crippen LogP contribution in [0.25, 0.3) is 5.57 Å². The first-order chi connectivity index (χ1) is 11.1. The lowest BCUT2D eigenvalue weighted by atomic mass is 9.88. The fourth-order valence-corrected chi connectivity index (χ4v) is 3.63. The topological polar surface area (TPSA) is 55.8 Å². The summed E-state index contributed by atoms with van der Waals surface area (Å²) in [7, 11) is 1.60. The smallest absolute Gasteiger partial charge is 0.167 e. The third-order valence-electron chi connectivity index (χ3n) is 5.03. The van der Waals surface area contributed by atoms with Crippen molar-refractivity contribution in [2.75, 3.05) is 20.3 Å². The first-order valence-corrected chi connectivity index (χ1v) is 8.29. The van der Waals surface area contributed by atoms with Gasteiger partial charge in [0.1, 0.15) is 11.5 Å². The predicted molar refractivity (Wildman–Crippen MR) is 88.6 cm³/mol. The second kappa shape index (κ2) is 6.75. The Bertz CT molecular complexity index is 626. The van der Waals surface area contributed by atoms with Crippen molar-refractivity contribution in [1.29, 1.82) is 0 Å². The SMILES string of the molecule is COc1ccc(C)c(C2=C(O)C(CC3CCOCC3)CC2=O)c1. The highest BCUT2D eigenvalue weighted by molar-refractivity contribution is 6.24. The zero-order valence-corrected chi connectivity index (χ0v) is 13.8. The first kappa shape index (κ1) is 16.1. The average molecular weight is 316 g/mol. The van der Waals surface area contributed by atoms with Crippen LogP contribution in [-0.4, -0.2) is 31.2 Å². The molecular weight excluding hydrogens is 292 g/mol. The van der Waals surface area contributed by atoms with E-state index in [2.05, 4.69) is 0 Å². The Balaban J connectivity index is 1.86. The number of ether oxygens (including phenoxy) is 2. The van der Waals surface area contributed by atoms with Crippen molar-refractivity contribution in [2.24, 2.45) is 11.8 Å². The van der Waals surface area contributed by atoms with E-state index in [0.29, 0.717) is 23.7 Å². The number of carbonyl (C=O) groups excluding carboxylic acids is 1. The third-order valence-corrected chi connectivity index (χ3v) is 5.03. The van der Waals surface area contributed by atoms with Crippen LogP contribution < -0.4 is 4.74 Å². The van der Waals surface area contributed by atoms with Gasteiger partial charge in [0, 0.05) is 25.6 Å². The first-order valence-electron chi connectivity index (χ1n) is 8.29. The lowest BCUT2D eigenvalue weighted by molar-refractivity contribution is -0.113. The highest BCUT2D eigenvalue weighted by Crippen LogP contribution is 2.40. The van der Waals surface area contributed by atoms with Crippen LogP contribution >= 0.6 is 0 Å². The molecule has 1 heterocycles. The second-order valence-corrected chi connectivity index (χ2v) is 6.56. The maximum atomic E-state index is 12.5. The number of ketones is 1. The summed E-state index contributed by atoms with van der Waals surface area (Å²) < 4.78 is 10.6. The molecule has 1 N–H and O–H groups in total. The molecule has 1 fully saturated rings. The van der Waals surface area contributed by atoms with Gasteiger partial charge in [-0.15, -0.1) is 0 Å². The van der Waals surface area contributed by atoms with E-state index in [1.54, 1.807) is 7.11 Å². The van der Waals surface area contributed by atoms with Crippen LogP contribution in [0, 0.1) is 18.8 Å². The van der Waals surface area contributed by atoms with Crippen LogP contribution in [0.1, 0.15) is 36.8 Å². The number of benzene rings is 1. The number of aryl methyl sites for hydroxylation is 1. The Hall–Kier alpha value is -1.81. The number of hydrogen-bond acceptors (Lipinski definition) is 4. The van der Waals surface area contributed by atoms with Crippen LogP contribution in [0.4, 0.5) is 0 Å². The zero-order valence-electron chi connectivity index (χ0n) is 13.8. The molecule has 0 spiro atoms. The molecule has 0 aromatic heterocycles. The van der Waals surface area contributed by atoms with Gasteiger partial charge in [0.05, 0.1) is 12.7 Å². The number of methoxy groups -OCH3 is 1. The molecule has 1 saturated heterocycles. The summed E-state index contributed by atoms with van der Waals surface area (Å²) in [6.07, 6.45) is 3.32. The second-order valence-electron chi connectivity index (χ2n) is 6.56. The van der Waals surface area contributed by atoms with Gasteiger partial charge < -0.3 is 14.6 Å². The van der Waals surface area contributed by atoms with E-state index in [1.165, 1.54) is 0 Å². The minimum absolute atomic E-state index is 0.0379. The highest BCUT2D eigenvalue weighted by Gasteiger charge is 2.35. The van der Waals surface area contributed by atoms with Crippen molar-refractivity contribution in [2.45, 2.75) is 32.6 Å². The van der Waals surface area contributed by atoms with Crippen molar-refractivity contribution in [3.8, 4) is 5.75 Å². The van der Waals surface area contributed by atoms with Crippen LogP contribution in [0.2, 0.25) is 0 Å². The Labute approximate surface area is 137 Å². The summed E-state index contributed by atoms with van der Waals surface area (Å²) >= 11 is 0. The van der Waals surface area contributed by atoms with Crippen molar-refractivity contribution >= 4 is 11.4 Å². The molecule has 1 aliphatic carbocycles. The average Bonchev–Trinajstić information content (AvgIpc) is 2.83. The molecule has 1 aromatic carbocycles. The minimum Gasteiger partial charge on any atom is -0.511 e. The zero-order chi connectivity index (χ0) is 16.4. The number of carbonyl (C=O) groups is 1. The number of Topliss-reactive ketones (excluding diaryl/α,β-unsaturated/α-hetero) is 1. The van der Waals surface area contributed by atoms with Gasteiger partial charge in [0.15, 0.2) is 5.78 Å². The molecule has 3 rings (SSSR count). The summed E-state index contributed by atoms with van der Waals surface area (Å²) in [6.45, 7) is 3.53. The van der Waals surface area contributed by atoms with E-state index < -0.39 is 0 Å². The summed E-state index contributed by atoms with van der Waals surface area (Å²) in [4.78, 5) is 12.5. The highest BCUT2D eigenvalue weighted by atomic mass is 16.5. The molecule has 0 radical (unpaired) electrons. The lowest BCUT2D eigenvalue weighted by Gasteiger charge is -2.24. The fraction of sp³-hybridized carbons (Fsp3) is 0.526. The Morgan fingerprint density at radius 3 is 2.74 bits per heavy atom. The third kappa shape index (κ3) is 3.27. The molecule has 4 nitrogen and oxygen atoms in total. The number of aliphatic hydroxyl groups excluding tert-OH is 1. The summed E-state index contributed by atoms with van der Waals surface area (Å²) in [5.74, 6) is 1.49. The molecule has 124 valence electrons.